The van der Waals surface area contributed by atoms with Crippen LogP contribution in [0.5, 0.6) is 5.75 Å². The van der Waals surface area contributed by atoms with Gasteiger partial charge in [-0.05, 0) is 56.5 Å². The Morgan fingerprint density at radius 1 is 1.42 bits per heavy atom. The highest BCUT2D eigenvalue weighted by molar-refractivity contribution is 5.91. The number of carbonyl (C=O) groups is 1. The van der Waals surface area contributed by atoms with Crippen molar-refractivity contribution in [1.29, 1.82) is 0 Å². The Morgan fingerprint density at radius 3 is 2.63 bits per heavy atom. The molecule has 2 rings (SSSR count). The van der Waals surface area contributed by atoms with Crippen LogP contribution in [0, 0.1) is 13.8 Å². The first-order valence-electron chi connectivity index (χ1n) is 6.78. The smallest absolute Gasteiger partial charge is 0.225 e. The minimum atomic E-state index is 0.0726. The van der Waals surface area contributed by atoms with Gasteiger partial charge in [0.2, 0.25) is 5.91 Å². The Kier molecular flexibility index (Phi) is 4.43. The molecule has 1 atom stereocenters. The van der Waals surface area contributed by atoms with Crippen molar-refractivity contribution in [3.8, 4) is 5.75 Å². The number of ether oxygens (including phenoxy) is 1. The van der Waals surface area contributed by atoms with E-state index in [0.717, 1.165) is 35.5 Å². The van der Waals surface area contributed by atoms with Crippen molar-refractivity contribution in [2.24, 2.45) is 0 Å². The van der Waals surface area contributed by atoms with Gasteiger partial charge in [0, 0.05) is 18.2 Å². The Labute approximate surface area is 114 Å². The first kappa shape index (κ1) is 13.9. The van der Waals surface area contributed by atoms with Crippen LogP contribution in [0.3, 0.4) is 0 Å². The Bertz CT molecular complexity index is 442. The molecule has 104 valence electrons. The molecule has 0 aliphatic carbocycles. The Hall–Kier alpha value is -1.55. The normalized spacial score (nSPS) is 18.4. The van der Waals surface area contributed by atoms with Crippen LogP contribution in [0.1, 0.15) is 30.4 Å². The van der Waals surface area contributed by atoms with Gasteiger partial charge in [-0.25, -0.2) is 0 Å². The van der Waals surface area contributed by atoms with Crippen LogP contribution >= 0.6 is 0 Å². The van der Waals surface area contributed by atoms with Gasteiger partial charge in [-0.1, -0.05) is 0 Å². The van der Waals surface area contributed by atoms with E-state index in [1.165, 1.54) is 6.42 Å². The third-order valence-corrected chi connectivity index (χ3v) is 3.54. The van der Waals surface area contributed by atoms with Crippen molar-refractivity contribution in [2.75, 3.05) is 19.0 Å². The van der Waals surface area contributed by atoms with Crippen LogP contribution in [-0.4, -0.2) is 25.6 Å². The summed E-state index contributed by atoms with van der Waals surface area (Å²) in [6.45, 7) is 5.00. The van der Waals surface area contributed by atoms with Crippen molar-refractivity contribution in [2.45, 2.75) is 39.2 Å². The second-order valence-corrected chi connectivity index (χ2v) is 5.19. The molecule has 0 aromatic heterocycles. The maximum absolute atomic E-state index is 12.0. The molecule has 0 bridgehead atoms. The van der Waals surface area contributed by atoms with Gasteiger partial charge in [0.15, 0.2) is 0 Å². The topological polar surface area (TPSA) is 50.4 Å². The maximum Gasteiger partial charge on any atom is 0.225 e. The molecule has 0 radical (unpaired) electrons. The lowest BCUT2D eigenvalue weighted by Gasteiger charge is -2.14. The number of anilines is 1. The van der Waals surface area contributed by atoms with Gasteiger partial charge in [0.1, 0.15) is 5.75 Å². The number of nitrogens with one attached hydrogen (secondary N) is 2. The summed E-state index contributed by atoms with van der Waals surface area (Å²) >= 11 is 0. The second-order valence-electron chi connectivity index (χ2n) is 5.19. The fraction of sp³-hybridized carbons (Fsp3) is 0.533. The van der Waals surface area contributed by atoms with Gasteiger partial charge >= 0.3 is 0 Å². The van der Waals surface area contributed by atoms with E-state index in [0.29, 0.717) is 12.5 Å². The van der Waals surface area contributed by atoms with Gasteiger partial charge < -0.3 is 15.4 Å². The molecule has 19 heavy (non-hydrogen) atoms. The molecular formula is C15H22N2O2. The average Bonchev–Trinajstić information content (AvgIpc) is 2.81. The highest BCUT2D eigenvalue weighted by atomic mass is 16.5. The molecule has 0 saturated carbocycles. The summed E-state index contributed by atoms with van der Waals surface area (Å²) < 4.78 is 5.32. The SMILES string of the molecule is COc1c(C)cc(NC(=O)CC2CCCN2)cc1C. The van der Waals surface area contributed by atoms with Gasteiger partial charge in [0.05, 0.1) is 7.11 Å². The van der Waals surface area contributed by atoms with Gasteiger partial charge in [-0.15, -0.1) is 0 Å². The second kappa shape index (κ2) is 6.06. The molecule has 1 aliphatic heterocycles. The number of methoxy groups -OCH3 is 1. The number of amides is 1. The molecule has 1 saturated heterocycles. The number of hydrogen-bond donors (Lipinski definition) is 2. The van der Waals surface area contributed by atoms with E-state index >= 15 is 0 Å². The summed E-state index contributed by atoms with van der Waals surface area (Å²) in [5.74, 6) is 0.957. The highest BCUT2D eigenvalue weighted by Crippen LogP contribution is 2.26. The third-order valence-electron chi connectivity index (χ3n) is 3.54. The van der Waals surface area contributed by atoms with Crippen molar-refractivity contribution < 1.29 is 9.53 Å². The number of carbonyl (C=O) groups excluding carboxylic acids is 1. The lowest BCUT2D eigenvalue weighted by atomic mass is 10.1. The van der Waals surface area contributed by atoms with E-state index in [-0.39, 0.29) is 5.91 Å². The fourth-order valence-electron chi connectivity index (χ4n) is 2.71. The Morgan fingerprint density at radius 2 is 2.11 bits per heavy atom. The third kappa shape index (κ3) is 3.47. The van der Waals surface area contributed by atoms with Gasteiger partial charge in [0.25, 0.3) is 0 Å². The number of rotatable bonds is 4. The zero-order valence-corrected chi connectivity index (χ0v) is 11.9. The summed E-state index contributed by atoms with van der Waals surface area (Å²) in [6.07, 6.45) is 2.80. The molecule has 1 fully saturated rings. The van der Waals surface area contributed by atoms with Crippen molar-refractivity contribution in [3.05, 3.63) is 23.3 Å². The largest absolute Gasteiger partial charge is 0.496 e. The highest BCUT2D eigenvalue weighted by Gasteiger charge is 2.18. The minimum absolute atomic E-state index is 0.0726. The van der Waals surface area contributed by atoms with Crippen LogP contribution in [0.25, 0.3) is 0 Å². The van der Waals surface area contributed by atoms with Gasteiger partial charge in [-0.2, -0.15) is 0 Å². The molecular weight excluding hydrogens is 240 g/mol. The zero-order chi connectivity index (χ0) is 13.8. The molecule has 1 aromatic rings. The summed E-state index contributed by atoms with van der Waals surface area (Å²) in [5.41, 5.74) is 2.92. The first-order valence-corrected chi connectivity index (χ1v) is 6.78. The predicted molar refractivity (Wildman–Crippen MR) is 76.7 cm³/mol. The number of aryl methyl sites for hydroxylation is 2. The van der Waals surface area contributed by atoms with E-state index in [4.69, 9.17) is 4.74 Å². The predicted octanol–water partition coefficient (Wildman–Crippen LogP) is 2.39. The van der Waals surface area contributed by atoms with Crippen LogP contribution in [0.15, 0.2) is 12.1 Å². The molecule has 1 amide bonds. The lowest BCUT2D eigenvalue weighted by Crippen LogP contribution is -2.27. The summed E-state index contributed by atoms with van der Waals surface area (Å²) in [7, 11) is 1.67. The summed E-state index contributed by atoms with van der Waals surface area (Å²) in [4.78, 5) is 12.0. The molecule has 1 unspecified atom stereocenters. The van der Waals surface area contributed by atoms with Crippen LogP contribution in [-0.2, 0) is 4.79 Å². The summed E-state index contributed by atoms with van der Waals surface area (Å²) in [6, 6.07) is 4.23. The van der Waals surface area contributed by atoms with E-state index in [2.05, 4.69) is 10.6 Å². The van der Waals surface area contributed by atoms with E-state index in [1.54, 1.807) is 7.11 Å². The molecule has 1 aliphatic rings. The molecule has 1 aromatic carbocycles. The van der Waals surface area contributed by atoms with Crippen molar-refractivity contribution in [1.82, 2.24) is 5.32 Å². The van der Waals surface area contributed by atoms with E-state index < -0.39 is 0 Å². The number of hydrogen-bond acceptors (Lipinski definition) is 3. The van der Waals surface area contributed by atoms with Crippen LogP contribution in [0.2, 0.25) is 0 Å². The molecule has 1 heterocycles. The van der Waals surface area contributed by atoms with Crippen molar-refractivity contribution >= 4 is 11.6 Å². The lowest BCUT2D eigenvalue weighted by molar-refractivity contribution is -0.116. The monoisotopic (exact) mass is 262 g/mol. The molecule has 4 nitrogen and oxygen atoms in total. The standard InChI is InChI=1S/C15H22N2O2/c1-10-7-13(8-11(2)15(10)19-3)17-14(18)9-12-5-4-6-16-12/h7-8,12,16H,4-6,9H2,1-3H3,(H,17,18). The summed E-state index contributed by atoms with van der Waals surface area (Å²) in [5, 5.41) is 6.30. The van der Waals surface area contributed by atoms with Crippen LogP contribution in [0.4, 0.5) is 5.69 Å². The molecule has 0 spiro atoms. The minimum Gasteiger partial charge on any atom is -0.496 e. The molecule has 2 N–H and O–H groups in total. The fourth-order valence-corrected chi connectivity index (χ4v) is 2.71. The van der Waals surface area contributed by atoms with E-state index in [9.17, 15) is 4.79 Å². The zero-order valence-electron chi connectivity index (χ0n) is 11.9. The quantitative estimate of drug-likeness (QED) is 0.876. The Balaban J connectivity index is 2.00. The van der Waals surface area contributed by atoms with Crippen molar-refractivity contribution in [3.63, 3.8) is 0 Å². The number of benzene rings is 1. The van der Waals surface area contributed by atoms with Gasteiger partial charge in [-0.3, -0.25) is 4.79 Å². The average molecular weight is 262 g/mol. The van der Waals surface area contributed by atoms with Crippen LogP contribution < -0.4 is 15.4 Å². The molecule has 4 heteroatoms. The van der Waals surface area contributed by atoms with E-state index in [1.807, 2.05) is 26.0 Å². The first-order chi connectivity index (χ1) is 9.10. The maximum atomic E-state index is 12.0.